The predicted octanol–water partition coefficient (Wildman–Crippen LogP) is 3.02. The molecule has 1 N–H and O–H groups in total. The van der Waals surface area contributed by atoms with Gasteiger partial charge in [0.2, 0.25) is 0 Å². The molecule has 2 heterocycles. The molecule has 0 saturated carbocycles. The van der Waals surface area contributed by atoms with Crippen LogP contribution in [0.2, 0.25) is 0 Å². The summed E-state index contributed by atoms with van der Waals surface area (Å²) < 4.78 is 6.21. The van der Waals surface area contributed by atoms with E-state index < -0.39 is 9.92 Å². The molecule has 0 aromatic carbocycles. The summed E-state index contributed by atoms with van der Waals surface area (Å²) >= 11 is 6.01. The van der Waals surface area contributed by atoms with Crippen LogP contribution in [-0.2, 0) is 4.74 Å². The van der Waals surface area contributed by atoms with Crippen molar-refractivity contribution in [2.45, 2.75) is 18.3 Å². The van der Waals surface area contributed by atoms with Gasteiger partial charge in [0, 0.05) is 29.0 Å². The second kappa shape index (κ2) is 6.21. The number of methoxy groups -OCH3 is 1. The van der Waals surface area contributed by atoms with Gasteiger partial charge in [-0.15, -0.1) is 0 Å². The van der Waals surface area contributed by atoms with Gasteiger partial charge < -0.3 is 9.94 Å². The summed E-state index contributed by atoms with van der Waals surface area (Å²) in [7, 11) is 1.39. The fourth-order valence-corrected chi connectivity index (χ4v) is 2.90. The Kier molecular flexibility index (Phi) is 4.22. The Morgan fingerprint density at radius 1 is 1.52 bits per heavy atom. The molecule has 0 spiro atoms. The number of rotatable bonds is 4. The topological polar surface area (TPSA) is 103 Å². The Bertz CT molecular complexity index is 891. The Hall–Kier alpha value is -2.87. The summed E-state index contributed by atoms with van der Waals surface area (Å²) in [5.74, 6) is 0.485. The SMILES string of the molecule is COC1=C(c2nc(C)c(-c3cccnc3)n2O)C=CC(Cl)([N+](=O)[O-])C1. The number of nitro groups is 1. The van der Waals surface area contributed by atoms with Gasteiger partial charge in [0.1, 0.15) is 11.5 Å². The van der Waals surface area contributed by atoms with Crippen LogP contribution < -0.4 is 0 Å². The summed E-state index contributed by atoms with van der Waals surface area (Å²) in [6.45, 7) is 1.75. The van der Waals surface area contributed by atoms with E-state index in [1.807, 2.05) is 0 Å². The van der Waals surface area contributed by atoms with E-state index in [0.717, 1.165) is 4.73 Å². The van der Waals surface area contributed by atoms with Gasteiger partial charge in [-0.1, -0.05) is 0 Å². The van der Waals surface area contributed by atoms with Crippen LogP contribution in [0, 0.1) is 17.0 Å². The summed E-state index contributed by atoms with van der Waals surface area (Å²) in [6.07, 6.45) is 5.79. The molecule has 1 aliphatic carbocycles. The zero-order chi connectivity index (χ0) is 18.2. The van der Waals surface area contributed by atoms with Gasteiger partial charge in [-0.2, -0.15) is 4.73 Å². The number of halogens is 1. The molecule has 8 nitrogen and oxygen atoms in total. The second-order valence-corrected chi connectivity index (χ2v) is 6.20. The van der Waals surface area contributed by atoms with E-state index >= 15 is 0 Å². The Morgan fingerprint density at radius 3 is 2.88 bits per heavy atom. The highest BCUT2D eigenvalue weighted by molar-refractivity contribution is 6.24. The first kappa shape index (κ1) is 17.0. The number of imidazole rings is 1. The first-order valence-corrected chi connectivity index (χ1v) is 7.74. The Labute approximate surface area is 148 Å². The number of alkyl halides is 1. The smallest absolute Gasteiger partial charge is 0.320 e. The molecule has 2 aromatic rings. The van der Waals surface area contributed by atoms with Gasteiger partial charge in [-0.05, 0) is 36.7 Å². The highest BCUT2D eigenvalue weighted by Crippen LogP contribution is 2.38. The van der Waals surface area contributed by atoms with Gasteiger partial charge in [0.25, 0.3) is 0 Å². The number of nitrogens with zero attached hydrogens (tertiary/aromatic N) is 4. The van der Waals surface area contributed by atoms with Crippen LogP contribution in [-0.4, -0.2) is 36.9 Å². The zero-order valence-corrected chi connectivity index (χ0v) is 14.3. The molecule has 2 aromatic heterocycles. The molecule has 9 heteroatoms. The number of ether oxygens (including phenoxy) is 1. The minimum atomic E-state index is -1.77. The largest absolute Gasteiger partial charge is 0.500 e. The van der Waals surface area contributed by atoms with Crippen molar-refractivity contribution in [1.29, 1.82) is 0 Å². The molecule has 0 fully saturated rings. The normalized spacial score (nSPS) is 20.0. The van der Waals surface area contributed by atoms with Gasteiger partial charge in [0.15, 0.2) is 5.82 Å². The third-order valence-electron chi connectivity index (χ3n) is 3.97. The number of aromatic nitrogens is 3. The van der Waals surface area contributed by atoms with E-state index in [1.165, 1.54) is 19.3 Å². The van der Waals surface area contributed by atoms with Crippen LogP contribution in [0.25, 0.3) is 16.8 Å². The molecule has 0 bridgehead atoms. The molecule has 3 rings (SSSR count). The van der Waals surface area contributed by atoms with Crippen molar-refractivity contribution in [2.75, 3.05) is 7.11 Å². The molecule has 1 aliphatic rings. The van der Waals surface area contributed by atoms with Crippen molar-refractivity contribution >= 4 is 17.2 Å². The van der Waals surface area contributed by atoms with Crippen molar-refractivity contribution in [1.82, 2.24) is 14.7 Å². The van der Waals surface area contributed by atoms with Crippen molar-refractivity contribution in [2.24, 2.45) is 0 Å². The highest BCUT2D eigenvalue weighted by Gasteiger charge is 2.43. The third kappa shape index (κ3) is 2.85. The summed E-state index contributed by atoms with van der Waals surface area (Å²) in [5.41, 5.74) is 2.19. The van der Waals surface area contributed by atoms with E-state index in [1.54, 1.807) is 31.5 Å². The molecule has 0 radical (unpaired) electrons. The quantitative estimate of drug-likeness (QED) is 0.295. The third-order valence-corrected chi connectivity index (χ3v) is 4.37. The highest BCUT2D eigenvalue weighted by atomic mass is 35.5. The summed E-state index contributed by atoms with van der Waals surface area (Å²) in [5, 5.41) is 21.8. The van der Waals surface area contributed by atoms with Gasteiger partial charge in [0.05, 0.1) is 24.8 Å². The van der Waals surface area contributed by atoms with E-state index in [-0.39, 0.29) is 18.0 Å². The van der Waals surface area contributed by atoms with Gasteiger partial charge >= 0.3 is 5.00 Å². The first-order valence-electron chi connectivity index (χ1n) is 7.36. The number of hydrogen-bond donors (Lipinski definition) is 1. The molecular formula is C16H15ClN4O4. The lowest BCUT2D eigenvalue weighted by molar-refractivity contribution is -0.528. The number of pyridine rings is 1. The van der Waals surface area contributed by atoms with E-state index in [2.05, 4.69) is 9.97 Å². The van der Waals surface area contributed by atoms with E-state index in [4.69, 9.17) is 16.3 Å². The van der Waals surface area contributed by atoms with Crippen LogP contribution in [0.5, 0.6) is 0 Å². The maximum absolute atomic E-state index is 11.2. The molecule has 0 saturated heterocycles. The van der Waals surface area contributed by atoms with E-state index in [0.29, 0.717) is 22.5 Å². The maximum Gasteiger partial charge on any atom is 0.320 e. The van der Waals surface area contributed by atoms with Crippen LogP contribution in [0.15, 0.2) is 42.4 Å². The maximum atomic E-state index is 11.2. The van der Waals surface area contributed by atoms with Crippen molar-refractivity contribution < 1.29 is 14.9 Å². The molecule has 25 heavy (non-hydrogen) atoms. The lowest BCUT2D eigenvalue weighted by Gasteiger charge is -2.21. The molecule has 1 atom stereocenters. The minimum absolute atomic E-state index is 0.155. The fraction of sp³-hybridized carbons (Fsp3) is 0.250. The standard InChI is InChI=1S/C16H15ClN4O4/c1-10-14(11-4-3-7-18-9-11)20(22)15(19-10)12-5-6-16(17,21(23)24)8-13(12)25-2/h3-7,9,22H,8H2,1-2H3. The summed E-state index contributed by atoms with van der Waals surface area (Å²) in [4.78, 5) is 17.2. The fourth-order valence-electron chi connectivity index (χ4n) is 2.72. The van der Waals surface area contributed by atoms with Crippen molar-refractivity contribution in [3.05, 3.63) is 64.1 Å². The molecular weight excluding hydrogens is 348 g/mol. The Morgan fingerprint density at radius 2 is 2.28 bits per heavy atom. The van der Waals surface area contributed by atoms with Gasteiger partial charge in [-0.3, -0.25) is 15.1 Å². The van der Waals surface area contributed by atoms with Crippen molar-refractivity contribution in [3.8, 4) is 11.3 Å². The number of allylic oxidation sites excluding steroid dienone is 2. The van der Waals surface area contributed by atoms with Crippen LogP contribution in [0.1, 0.15) is 17.9 Å². The number of hydrogen-bond acceptors (Lipinski definition) is 6. The zero-order valence-electron chi connectivity index (χ0n) is 13.5. The van der Waals surface area contributed by atoms with Gasteiger partial charge in [-0.25, -0.2) is 4.98 Å². The lowest BCUT2D eigenvalue weighted by Crippen LogP contribution is -2.32. The second-order valence-electron chi connectivity index (χ2n) is 5.55. The average Bonchev–Trinajstić information content (AvgIpc) is 2.89. The molecule has 130 valence electrons. The summed E-state index contributed by atoms with van der Waals surface area (Å²) in [6, 6.07) is 3.55. The monoisotopic (exact) mass is 362 g/mol. The van der Waals surface area contributed by atoms with Crippen LogP contribution in [0.3, 0.4) is 0 Å². The average molecular weight is 363 g/mol. The lowest BCUT2D eigenvalue weighted by atomic mass is 10.00. The number of aryl methyl sites for hydroxylation is 1. The van der Waals surface area contributed by atoms with Crippen LogP contribution >= 0.6 is 11.6 Å². The first-order chi connectivity index (χ1) is 11.9. The minimum Gasteiger partial charge on any atom is -0.500 e. The predicted molar refractivity (Wildman–Crippen MR) is 90.6 cm³/mol. The Balaban J connectivity index is 2.10. The molecule has 1 unspecified atom stereocenters. The molecule has 0 aliphatic heterocycles. The van der Waals surface area contributed by atoms with Crippen LogP contribution in [0.4, 0.5) is 0 Å². The molecule has 0 amide bonds. The van der Waals surface area contributed by atoms with E-state index in [9.17, 15) is 15.3 Å². The van der Waals surface area contributed by atoms with Crippen molar-refractivity contribution in [3.63, 3.8) is 0 Å².